The van der Waals surface area contributed by atoms with Gasteiger partial charge in [0.05, 0.1) is 12.7 Å². The first-order chi connectivity index (χ1) is 13.4. The van der Waals surface area contributed by atoms with Crippen LogP contribution < -0.4 is 20.1 Å². The summed E-state index contributed by atoms with van der Waals surface area (Å²) in [4.78, 5) is 8.04. The number of pyridine rings is 1. The fourth-order valence-corrected chi connectivity index (χ4v) is 2.27. The van der Waals surface area contributed by atoms with Gasteiger partial charge in [-0.3, -0.25) is 9.98 Å². The summed E-state index contributed by atoms with van der Waals surface area (Å²) in [5.41, 5.74) is 1.42. The minimum Gasteiger partial charge on any atom is -0.490 e. The molecule has 0 aliphatic carbocycles. The van der Waals surface area contributed by atoms with Gasteiger partial charge in [0.25, 0.3) is 0 Å². The largest absolute Gasteiger partial charge is 0.490 e. The number of halogens is 3. The summed E-state index contributed by atoms with van der Waals surface area (Å²) in [5, 5.41) is 6.12. The minimum absolute atomic E-state index is 0.195. The molecule has 6 nitrogen and oxygen atoms in total. The molecule has 0 amide bonds. The van der Waals surface area contributed by atoms with Gasteiger partial charge in [-0.2, -0.15) is 13.2 Å². The molecule has 1 heterocycles. The van der Waals surface area contributed by atoms with Crippen LogP contribution in [0, 0.1) is 6.92 Å². The predicted octanol–water partition coefficient (Wildman–Crippen LogP) is 3.08. The molecule has 0 fully saturated rings. The smallest absolute Gasteiger partial charge is 0.422 e. The Hall–Kier alpha value is -2.97. The van der Waals surface area contributed by atoms with Gasteiger partial charge in [-0.25, -0.2) is 0 Å². The number of rotatable bonds is 8. The number of benzene rings is 1. The number of aromatic nitrogens is 1. The molecule has 0 aliphatic heterocycles. The third-order valence-corrected chi connectivity index (χ3v) is 3.58. The van der Waals surface area contributed by atoms with Crippen molar-refractivity contribution < 1.29 is 22.6 Å². The maximum atomic E-state index is 12.5. The second-order valence-electron chi connectivity index (χ2n) is 5.90. The lowest BCUT2D eigenvalue weighted by molar-refractivity contribution is -0.153. The number of aliphatic imine (C=N–C) groups is 1. The molecule has 0 spiro atoms. The summed E-state index contributed by atoms with van der Waals surface area (Å²) in [7, 11) is 1.60. The van der Waals surface area contributed by atoms with Crippen LogP contribution in [0.15, 0.2) is 47.7 Å². The Bertz CT molecular complexity index is 768. The lowest BCUT2D eigenvalue weighted by atomic mass is 10.1. The van der Waals surface area contributed by atoms with Gasteiger partial charge in [-0.15, -0.1) is 0 Å². The molecule has 2 rings (SSSR count). The predicted molar refractivity (Wildman–Crippen MR) is 101 cm³/mol. The molecule has 1 aromatic carbocycles. The van der Waals surface area contributed by atoms with Crippen LogP contribution >= 0.6 is 0 Å². The van der Waals surface area contributed by atoms with E-state index in [2.05, 4.69) is 20.6 Å². The Morgan fingerprint density at radius 1 is 1.18 bits per heavy atom. The highest BCUT2D eigenvalue weighted by molar-refractivity contribution is 5.79. The number of hydrogen-bond donors (Lipinski definition) is 2. The first kappa shape index (κ1) is 21.3. The van der Waals surface area contributed by atoms with Gasteiger partial charge in [-0.05, 0) is 30.7 Å². The Kier molecular flexibility index (Phi) is 7.91. The lowest BCUT2D eigenvalue weighted by Gasteiger charge is -2.16. The van der Waals surface area contributed by atoms with Crippen molar-refractivity contribution in [1.82, 2.24) is 15.6 Å². The number of hydrogen-bond acceptors (Lipinski definition) is 4. The number of nitrogens with one attached hydrogen (secondary N) is 2. The molecule has 0 aliphatic rings. The van der Waals surface area contributed by atoms with Crippen molar-refractivity contribution in [2.24, 2.45) is 4.99 Å². The van der Waals surface area contributed by atoms with E-state index in [1.54, 1.807) is 50.6 Å². The van der Waals surface area contributed by atoms with Crippen molar-refractivity contribution in [1.29, 1.82) is 0 Å². The average Bonchev–Trinajstić information content (AvgIpc) is 2.67. The molecule has 0 radical (unpaired) electrons. The first-order valence-electron chi connectivity index (χ1n) is 8.64. The molecule has 0 bridgehead atoms. The van der Waals surface area contributed by atoms with Crippen LogP contribution in [0.25, 0.3) is 0 Å². The van der Waals surface area contributed by atoms with E-state index in [1.807, 2.05) is 6.07 Å². The Morgan fingerprint density at radius 3 is 2.68 bits per heavy atom. The third-order valence-electron chi connectivity index (χ3n) is 3.58. The monoisotopic (exact) mass is 396 g/mol. The average molecular weight is 396 g/mol. The molecule has 28 heavy (non-hydrogen) atoms. The molecule has 1 aromatic heterocycles. The Labute approximate surface area is 161 Å². The highest BCUT2D eigenvalue weighted by Gasteiger charge is 2.28. The summed E-state index contributed by atoms with van der Waals surface area (Å²) in [5.74, 6) is 1.36. The molecule has 0 saturated carbocycles. The number of guanidine groups is 1. The van der Waals surface area contributed by atoms with E-state index in [9.17, 15) is 13.2 Å². The van der Waals surface area contributed by atoms with Crippen LogP contribution in [-0.2, 0) is 6.54 Å². The van der Waals surface area contributed by atoms with E-state index in [4.69, 9.17) is 9.47 Å². The lowest BCUT2D eigenvalue weighted by Crippen LogP contribution is -2.39. The van der Waals surface area contributed by atoms with E-state index in [-0.39, 0.29) is 12.3 Å². The summed E-state index contributed by atoms with van der Waals surface area (Å²) in [6.45, 7) is 1.61. The molecule has 152 valence electrons. The number of alkyl halides is 3. The molecule has 2 aromatic rings. The summed E-state index contributed by atoms with van der Waals surface area (Å²) >= 11 is 0. The number of ether oxygens (including phenoxy) is 2. The normalized spacial score (nSPS) is 11.8. The van der Waals surface area contributed by atoms with Crippen LogP contribution in [0.3, 0.4) is 0 Å². The summed E-state index contributed by atoms with van der Waals surface area (Å²) < 4.78 is 47.8. The SMILES string of the molecule is CN=C(NCCOc1cccnc1)NCc1ccc(C)cc1OCC(F)(F)F. The van der Waals surface area contributed by atoms with E-state index < -0.39 is 12.8 Å². The van der Waals surface area contributed by atoms with E-state index in [0.29, 0.717) is 30.4 Å². The zero-order valence-corrected chi connectivity index (χ0v) is 15.7. The highest BCUT2D eigenvalue weighted by Crippen LogP contribution is 2.23. The van der Waals surface area contributed by atoms with Crippen molar-refractivity contribution in [3.05, 3.63) is 53.9 Å². The van der Waals surface area contributed by atoms with Crippen molar-refractivity contribution >= 4 is 5.96 Å². The third kappa shape index (κ3) is 7.73. The zero-order chi connectivity index (χ0) is 20.4. The van der Waals surface area contributed by atoms with Gasteiger partial charge >= 0.3 is 6.18 Å². The van der Waals surface area contributed by atoms with Gasteiger partial charge < -0.3 is 20.1 Å². The maximum absolute atomic E-state index is 12.5. The van der Waals surface area contributed by atoms with E-state index >= 15 is 0 Å². The Morgan fingerprint density at radius 2 is 2.00 bits per heavy atom. The highest BCUT2D eigenvalue weighted by atomic mass is 19.4. The Balaban J connectivity index is 1.83. The fraction of sp³-hybridized carbons (Fsp3) is 0.368. The van der Waals surface area contributed by atoms with Gasteiger partial charge in [0, 0.05) is 25.4 Å². The van der Waals surface area contributed by atoms with Crippen molar-refractivity contribution in [3.8, 4) is 11.5 Å². The van der Waals surface area contributed by atoms with Crippen LogP contribution in [0.2, 0.25) is 0 Å². The van der Waals surface area contributed by atoms with Gasteiger partial charge in [0.15, 0.2) is 12.6 Å². The number of nitrogens with zero attached hydrogens (tertiary/aromatic N) is 2. The van der Waals surface area contributed by atoms with Crippen LogP contribution in [0.5, 0.6) is 11.5 Å². The molecule has 0 unspecified atom stereocenters. The molecular formula is C19H23F3N4O2. The minimum atomic E-state index is -4.39. The topological polar surface area (TPSA) is 67.8 Å². The van der Waals surface area contributed by atoms with Crippen LogP contribution in [0.4, 0.5) is 13.2 Å². The second-order valence-corrected chi connectivity index (χ2v) is 5.90. The van der Waals surface area contributed by atoms with E-state index in [1.165, 1.54) is 0 Å². The van der Waals surface area contributed by atoms with Crippen molar-refractivity contribution in [2.45, 2.75) is 19.6 Å². The second kappa shape index (κ2) is 10.4. The van der Waals surface area contributed by atoms with Crippen molar-refractivity contribution in [3.63, 3.8) is 0 Å². The van der Waals surface area contributed by atoms with Crippen LogP contribution in [0.1, 0.15) is 11.1 Å². The molecular weight excluding hydrogens is 373 g/mol. The van der Waals surface area contributed by atoms with Gasteiger partial charge in [0.2, 0.25) is 0 Å². The van der Waals surface area contributed by atoms with Crippen LogP contribution in [-0.4, -0.2) is 43.9 Å². The first-order valence-corrected chi connectivity index (χ1v) is 8.64. The summed E-state index contributed by atoms with van der Waals surface area (Å²) in [6, 6.07) is 8.71. The molecule has 0 atom stereocenters. The zero-order valence-electron chi connectivity index (χ0n) is 15.7. The molecule has 9 heteroatoms. The van der Waals surface area contributed by atoms with Gasteiger partial charge in [-0.1, -0.05) is 12.1 Å². The molecule has 2 N–H and O–H groups in total. The fourth-order valence-electron chi connectivity index (χ4n) is 2.27. The molecule has 0 saturated heterocycles. The quantitative estimate of drug-likeness (QED) is 0.408. The standard InChI is InChI=1S/C19H23F3N4O2/c1-14-5-6-15(17(10-14)28-13-19(20,21)22)11-26-18(23-2)25-8-9-27-16-4-3-7-24-12-16/h3-7,10,12H,8-9,11,13H2,1-2H3,(H2,23,25,26). The summed E-state index contributed by atoms with van der Waals surface area (Å²) in [6.07, 6.45) is -1.11. The van der Waals surface area contributed by atoms with E-state index in [0.717, 1.165) is 5.56 Å². The van der Waals surface area contributed by atoms with Crippen molar-refractivity contribution in [2.75, 3.05) is 26.8 Å². The van der Waals surface area contributed by atoms with Gasteiger partial charge in [0.1, 0.15) is 18.1 Å². The number of aryl methyl sites for hydroxylation is 1. The maximum Gasteiger partial charge on any atom is 0.422 e.